The molecule has 142 valence electrons. The quantitative estimate of drug-likeness (QED) is 0.706. The van der Waals surface area contributed by atoms with Crippen molar-refractivity contribution in [1.82, 2.24) is 19.8 Å². The highest BCUT2D eigenvalue weighted by molar-refractivity contribution is 5.49. The van der Waals surface area contributed by atoms with Crippen LogP contribution >= 0.6 is 0 Å². The lowest BCUT2D eigenvalue weighted by Gasteiger charge is -2.35. The molecule has 3 heterocycles. The lowest BCUT2D eigenvalue weighted by atomic mass is 10.0. The van der Waals surface area contributed by atoms with Crippen LogP contribution in [0.15, 0.2) is 36.4 Å². The molecule has 1 aromatic carbocycles. The van der Waals surface area contributed by atoms with Gasteiger partial charge in [0.1, 0.15) is 11.6 Å². The Kier molecular flexibility index (Phi) is 4.33. The van der Waals surface area contributed by atoms with Crippen molar-refractivity contribution in [2.24, 2.45) is 0 Å². The van der Waals surface area contributed by atoms with Crippen molar-refractivity contribution in [3.63, 3.8) is 0 Å². The average molecular weight is 380 g/mol. The molecule has 6 nitrogen and oxygen atoms in total. The molecule has 3 aromatic rings. The first-order valence-corrected chi connectivity index (χ1v) is 8.47. The van der Waals surface area contributed by atoms with E-state index in [0.717, 1.165) is 19.4 Å². The molecule has 2 aromatic heterocycles. The van der Waals surface area contributed by atoms with Crippen LogP contribution in [-0.4, -0.2) is 38.9 Å². The first-order chi connectivity index (χ1) is 12.9. The molecule has 10 heteroatoms. The summed E-state index contributed by atoms with van der Waals surface area (Å²) in [5, 5.41) is 13.8. The molecule has 0 bridgehead atoms. The number of para-hydroxylation sites is 1. The van der Waals surface area contributed by atoms with Gasteiger partial charge in [-0.25, -0.2) is 4.39 Å². The van der Waals surface area contributed by atoms with E-state index < -0.39 is 12.0 Å². The van der Waals surface area contributed by atoms with E-state index in [1.165, 1.54) is 12.1 Å². The summed E-state index contributed by atoms with van der Waals surface area (Å²) in [4.78, 5) is 1.93. The molecule has 27 heavy (non-hydrogen) atoms. The van der Waals surface area contributed by atoms with Crippen LogP contribution in [0.3, 0.4) is 0 Å². The molecule has 1 unspecified atom stereocenters. The van der Waals surface area contributed by atoms with Gasteiger partial charge in [-0.05, 0) is 37.1 Å². The topological polar surface area (TPSA) is 58.3 Å². The predicted octanol–water partition coefficient (Wildman–Crippen LogP) is 3.36. The number of rotatable bonds is 3. The van der Waals surface area contributed by atoms with Crippen LogP contribution in [0.5, 0.6) is 0 Å². The fraction of sp³-hybridized carbons (Fsp3) is 0.353. The van der Waals surface area contributed by atoms with Gasteiger partial charge in [0.15, 0.2) is 5.65 Å². The first kappa shape index (κ1) is 17.5. The Labute approximate surface area is 151 Å². The predicted molar refractivity (Wildman–Crippen MR) is 91.0 cm³/mol. The molecule has 1 atom stereocenters. The van der Waals surface area contributed by atoms with Gasteiger partial charge in [-0.15, -0.1) is 15.3 Å². The highest BCUT2D eigenvalue weighted by Crippen LogP contribution is 2.28. The van der Waals surface area contributed by atoms with Crippen LogP contribution in [0.1, 0.15) is 18.7 Å². The molecule has 1 aliphatic heterocycles. The van der Waals surface area contributed by atoms with Gasteiger partial charge >= 0.3 is 6.18 Å². The molecule has 0 radical (unpaired) electrons. The SMILES string of the molecule is Fc1ccccc1N1CCCC(Nc2ccc3nnc(C(F)(F)F)n3n2)C1. The zero-order valence-corrected chi connectivity index (χ0v) is 14.1. The summed E-state index contributed by atoms with van der Waals surface area (Å²) in [6, 6.07) is 9.45. The third kappa shape index (κ3) is 3.51. The first-order valence-electron chi connectivity index (χ1n) is 8.47. The maximum atomic E-state index is 14.0. The van der Waals surface area contributed by atoms with E-state index in [4.69, 9.17) is 0 Å². The fourth-order valence-corrected chi connectivity index (χ4v) is 3.27. The van der Waals surface area contributed by atoms with E-state index in [9.17, 15) is 17.6 Å². The Hall–Kier alpha value is -2.91. The summed E-state index contributed by atoms with van der Waals surface area (Å²) in [6.07, 6.45) is -3.01. The van der Waals surface area contributed by atoms with Crippen LogP contribution in [0.2, 0.25) is 0 Å². The second-order valence-corrected chi connectivity index (χ2v) is 6.39. The smallest absolute Gasteiger partial charge is 0.367 e. The molecule has 1 fully saturated rings. The number of hydrogen-bond acceptors (Lipinski definition) is 5. The Morgan fingerprint density at radius 1 is 1.07 bits per heavy atom. The maximum absolute atomic E-state index is 14.0. The standard InChI is InChI=1S/C17H16F4N6/c18-12-5-1-2-6-13(12)26-9-3-4-11(10-26)22-14-7-8-15-23-24-16(17(19,20)21)27(15)25-14/h1-2,5-8,11H,3-4,9-10H2,(H,22,25). The third-order valence-corrected chi connectivity index (χ3v) is 4.48. The van der Waals surface area contributed by atoms with Crippen molar-refractivity contribution < 1.29 is 17.6 Å². The number of nitrogens with zero attached hydrogens (tertiary/aromatic N) is 5. The molecule has 0 saturated carbocycles. The molecule has 1 saturated heterocycles. The van der Waals surface area contributed by atoms with Gasteiger partial charge < -0.3 is 10.2 Å². The third-order valence-electron chi connectivity index (χ3n) is 4.48. The second kappa shape index (κ2) is 6.67. The number of aromatic nitrogens is 4. The largest absolute Gasteiger partial charge is 0.453 e. The number of halogens is 4. The van der Waals surface area contributed by atoms with Crippen molar-refractivity contribution in [2.45, 2.75) is 25.1 Å². The number of alkyl halides is 3. The molecular formula is C17H16F4N6. The number of piperidine rings is 1. The summed E-state index contributed by atoms with van der Waals surface area (Å²) in [5.41, 5.74) is 0.537. The number of hydrogen-bond donors (Lipinski definition) is 1. The van der Waals surface area contributed by atoms with Crippen LogP contribution in [-0.2, 0) is 6.18 Å². The van der Waals surface area contributed by atoms with Gasteiger partial charge in [-0.2, -0.15) is 17.7 Å². The van der Waals surface area contributed by atoms with Gasteiger partial charge in [-0.1, -0.05) is 12.1 Å². The van der Waals surface area contributed by atoms with Gasteiger partial charge in [0, 0.05) is 19.1 Å². The molecule has 1 aliphatic rings. The zero-order chi connectivity index (χ0) is 19.0. The van der Waals surface area contributed by atoms with E-state index in [1.807, 2.05) is 4.90 Å². The van der Waals surface area contributed by atoms with E-state index in [-0.39, 0.29) is 23.3 Å². The summed E-state index contributed by atoms with van der Waals surface area (Å²) in [7, 11) is 0. The van der Waals surface area contributed by atoms with Crippen molar-refractivity contribution in [3.8, 4) is 0 Å². The Morgan fingerprint density at radius 2 is 1.89 bits per heavy atom. The van der Waals surface area contributed by atoms with Gasteiger partial charge in [-0.3, -0.25) is 0 Å². The van der Waals surface area contributed by atoms with Crippen LogP contribution in [0.4, 0.5) is 29.1 Å². The van der Waals surface area contributed by atoms with Crippen LogP contribution in [0, 0.1) is 5.82 Å². The Morgan fingerprint density at radius 3 is 2.67 bits per heavy atom. The number of anilines is 2. The molecule has 1 N–H and O–H groups in total. The highest BCUT2D eigenvalue weighted by Gasteiger charge is 2.37. The van der Waals surface area contributed by atoms with Crippen molar-refractivity contribution >= 4 is 17.2 Å². The summed E-state index contributed by atoms with van der Waals surface area (Å²) < 4.78 is 53.7. The lowest BCUT2D eigenvalue weighted by Crippen LogP contribution is -2.42. The van der Waals surface area contributed by atoms with Crippen molar-refractivity contribution in [1.29, 1.82) is 0 Å². The Bertz CT molecular complexity index is 954. The minimum atomic E-state index is -4.64. The molecule has 4 rings (SSSR count). The second-order valence-electron chi connectivity index (χ2n) is 6.39. The summed E-state index contributed by atoms with van der Waals surface area (Å²) >= 11 is 0. The number of benzene rings is 1. The molecule has 0 spiro atoms. The minimum absolute atomic E-state index is 0.0181. The van der Waals surface area contributed by atoms with E-state index in [1.54, 1.807) is 24.3 Å². The van der Waals surface area contributed by atoms with E-state index in [0.29, 0.717) is 16.7 Å². The zero-order valence-electron chi connectivity index (χ0n) is 14.1. The Balaban J connectivity index is 1.54. The number of fused-ring (bicyclic) bond motifs is 1. The van der Waals surface area contributed by atoms with Crippen molar-refractivity contribution in [2.75, 3.05) is 23.3 Å². The fourth-order valence-electron chi connectivity index (χ4n) is 3.27. The van der Waals surface area contributed by atoms with E-state index >= 15 is 0 Å². The minimum Gasteiger partial charge on any atom is -0.367 e. The van der Waals surface area contributed by atoms with E-state index in [2.05, 4.69) is 20.6 Å². The summed E-state index contributed by atoms with van der Waals surface area (Å²) in [6.45, 7) is 1.24. The highest BCUT2D eigenvalue weighted by atomic mass is 19.4. The molecular weight excluding hydrogens is 364 g/mol. The molecule has 0 aliphatic carbocycles. The van der Waals surface area contributed by atoms with Crippen LogP contribution in [0.25, 0.3) is 5.65 Å². The van der Waals surface area contributed by atoms with Gasteiger partial charge in [0.05, 0.1) is 5.69 Å². The number of nitrogens with one attached hydrogen (secondary N) is 1. The molecule has 0 amide bonds. The normalized spacial score (nSPS) is 18.1. The van der Waals surface area contributed by atoms with Gasteiger partial charge in [0.25, 0.3) is 5.82 Å². The average Bonchev–Trinajstić information content (AvgIpc) is 3.06. The van der Waals surface area contributed by atoms with Crippen LogP contribution < -0.4 is 10.2 Å². The monoisotopic (exact) mass is 380 g/mol. The van der Waals surface area contributed by atoms with Crippen molar-refractivity contribution in [3.05, 3.63) is 48.0 Å². The summed E-state index contributed by atoms with van der Waals surface area (Å²) in [5.74, 6) is -1.18. The maximum Gasteiger partial charge on any atom is 0.453 e. The van der Waals surface area contributed by atoms with Gasteiger partial charge in [0.2, 0.25) is 0 Å². The lowest BCUT2D eigenvalue weighted by molar-refractivity contribution is -0.146.